The molecule has 33 heavy (non-hydrogen) atoms. The van der Waals surface area contributed by atoms with E-state index < -0.39 is 0 Å². The van der Waals surface area contributed by atoms with Crippen LogP contribution >= 0.6 is 11.6 Å². The maximum absolute atomic E-state index is 13.1. The zero-order chi connectivity index (χ0) is 23.4. The van der Waals surface area contributed by atoms with Crippen LogP contribution in [0.15, 0.2) is 78.9 Å². The lowest BCUT2D eigenvalue weighted by atomic mass is 10.1. The fraction of sp³-hybridized carbons (Fsp3) is 0.192. The van der Waals surface area contributed by atoms with E-state index in [1.807, 2.05) is 78.2 Å². The van der Waals surface area contributed by atoms with Crippen molar-refractivity contribution < 1.29 is 9.59 Å². The number of halogens is 1. The Morgan fingerprint density at radius 2 is 1.67 bits per heavy atom. The van der Waals surface area contributed by atoms with Crippen molar-refractivity contribution in [2.75, 3.05) is 11.9 Å². The van der Waals surface area contributed by atoms with Gasteiger partial charge in [0.15, 0.2) is 0 Å². The third-order valence-corrected chi connectivity index (χ3v) is 5.79. The van der Waals surface area contributed by atoms with Crippen LogP contribution in [0.25, 0.3) is 11.0 Å². The first-order chi connectivity index (χ1) is 15.9. The molecule has 0 saturated carbocycles. The molecule has 0 bridgehead atoms. The summed E-state index contributed by atoms with van der Waals surface area (Å²) in [4.78, 5) is 32.1. The van der Waals surface area contributed by atoms with E-state index in [4.69, 9.17) is 16.6 Å². The minimum atomic E-state index is -0.382. The van der Waals surface area contributed by atoms with Gasteiger partial charge in [-0.25, -0.2) is 4.98 Å². The molecule has 6 nitrogen and oxygen atoms in total. The number of nitrogens with zero attached hydrogens (tertiary/aromatic N) is 3. The van der Waals surface area contributed by atoms with Crippen LogP contribution in [-0.4, -0.2) is 28.4 Å². The van der Waals surface area contributed by atoms with E-state index in [2.05, 4.69) is 5.32 Å². The fourth-order valence-corrected chi connectivity index (χ4v) is 3.90. The molecule has 0 aliphatic carbocycles. The Kier molecular flexibility index (Phi) is 6.75. The van der Waals surface area contributed by atoms with E-state index in [0.717, 1.165) is 22.3 Å². The number of hydrogen-bond acceptors (Lipinski definition) is 3. The van der Waals surface area contributed by atoms with Gasteiger partial charge in [-0.3, -0.25) is 9.59 Å². The second-order valence-corrected chi connectivity index (χ2v) is 8.36. The van der Waals surface area contributed by atoms with Crippen LogP contribution in [0, 0.1) is 0 Å². The van der Waals surface area contributed by atoms with Gasteiger partial charge in [-0.15, -0.1) is 0 Å². The van der Waals surface area contributed by atoms with Gasteiger partial charge in [-0.2, -0.15) is 0 Å². The maximum Gasteiger partial charge on any atom is 0.246 e. The molecule has 1 heterocycles. The lowest BCUT2D eigenvalue weighted by Crippen LogP contribution is -2.33. The number of imidazole rings is 1. The number of carbonyl (C=O) groups excluding carboxylic acids is 2. The minimum absolute atomic E-state index is 0.0784. The van der Waals surface area contributed by atoms with Crippen molar-refractivity contribution in [1.29, 1.82) is 0 Å². The summed E-state index contributed by atoms with van der Waals surface area (Å²) in [6, 6.07) is 24.0. The summed E-state index contributed by atoms with van der Waals surface area (Å²) in [6.45, 7) is 1.99. The average molecular weight is 461 g/mol. The summed E-state index contributed by atoms with van der Waals surface area (Å²) < 4.78 is 1.88. The number of fused-ring (bicyclic) bond motifs is 1. The molecule has 7 heteroatoms. The Balaban J connectivity index is 1.55. The van der Waals surface area contributed by atoms with Gasteiger partial charge in [-0.1, -0.05) is 54.1 Å². The molecule has 1 atom stereocenters. The van der Waals surface area contributed by atoms with Crippen molar-refractivity contribution in [3.8, 4) is 0 Å². The molecular weight excluding hydrogens is 436 g/mol. The smallest absolute Gasteiger partial charge is 0.246 e. The first-order valence-electron chi connectivity index (χ1n) is 10.7. The topological polar surface area (TPSA) is 67.2 Å². The van der Waals surface area contributed by atoms with Crippen molar-refractivity contribution in [1.82, 2.24) is 14.9 Å². The fourth-order valence-electron chi connectivity index (χ4n) is 3.77. The lowest BCUT2D eigenvalue weighted by Gasteiger charge is -2.20. The third kappa shape index (κ3) is 5.23. The molecular formula is C26H25ClN4O2. The highest BCUT2D eigenvalue weighted by Gasteiger charge is 2.21. The number of aromatic nitrogens is 2. The quantitative estimate of drug-likeness (QED) is 0.432. The Morgan fingerprint density at radius 3 is 2.39 bits per heavy atom. The first-order valence-corrected chi connectivity index (χ1v) is 11.1. The number of amides is 2. The number of nitrogens with one attached hydrogen (secondary N) is 1. The number of likely N-dealkylation sites (N-methyl/N-ethyl adjacent to an activating group) is 1. The molecule has 4 rings (SSSR count). The van der Waals surface area contributed by atoms with Crippen molar-refractivity contribution in [3.63, 3.8) is 0 Å². The van der Waals surface area contributed by atoms with Crippen molar-refractivity contribution in [3.05, 3.63) is 95.3 Å². The van der Waals surface area contributed by atoms with E-state index in [9.17, 15) is 9.59 Å². The van der Waals surface area contributed by atoms with E-state index >= 15 is 0 Å². The highest BCUT2D eigenvalue weighted by atomic mass is 35.5. The Hall–Kier alpha value is -3.64. The van der Waals surface area contributed by atoms with Crippen LogP contribution in [0.4, 0.5) is 5.69 Å². The molecule has 1 unspecified atom stereocenters. The molecule has 168 valence electrons. The largest absolute Gasteiger partial charge is 0.346 e. The Morgan fingerprint density at radius 1 is 1.00 bits per heavy atom. The van der Waals surface area contributed by atoms with Crippen LogP contribution in [0.1, 0.15) is 24.4 Å². The van der Waals surface area contributed by atoms with Gasteiger partial charge in [0.1, 0.15) is 12.4 Å². The van der Waals surface area contributed by atoms with Gasteiger partial charge in [0.05, 0.1) is 23.5 Å². The van der Waals surface area contributed by atoms with E-state index in [-0.39, 0.29) is 30.8 Å². The maximum atomic E-state index is 13.1. The van der Waals surface area contributed by atoms with Crippen LogP contribution < -0.4 is 10.2 Å². The monoisotopic (exact) mass is 460 g/mol. The summed E-state index contributed by atoms with van der Waals surface area (Å²) in [5, 5.41) is 3.65. The van der Waals surface area contributed by atoms with Gasteiger partial charge < -0.3 is 14.8 Å². The number of carbonyl (C=O) groups is 2. The summed E-state index contributed by atoms with van der Waals surface area (Å²) in [7, 11) is 1.76. The molecule has 0 fully saturated rings. The molecule has 2 amide bonds. The van der Waals surface area contributed by atoms with E-state index in [1.54, 1.807) is 24.1 Å². The van der Waals surface area contributed by atoms with Crippen molar-refractivity contribution >= 4 is 40.1 Å². The minimum Gasteiger partial charge on any atom is -0.346 e. The normalized spacial score (nSPS) is 11.8. The van der Waals surface area contributed by atoms with Gasteiger partial charge >= 0.3 is 0 Å². The van der Waals surface area contributed by atoms with Crippen molar-refractivity contribution in [2.45, 2.75) is 25.9 Å². The van der Waals surface area contributed by atoms with Crippen LogP contribution in [-0.2, 0) is 22.6 Å². The third-order valence-electron chi connectivity index (χ3n) is 5.54. The van der Waals surface area contributed by atoms with Gasteiger partial charge in [0.25, 0.3) is 0 Å². The summed E-state index contributed by atoms with van der Waals surface area (Å²) in [5.74, 6) is 0.428. The Labute approximate surface area is 197 Å². The summed E-state index contributed by atoms with van der Waals surface area (Å²) >= 11 is 5.93. The molecule has 0 radical (unpaired) electrons. The number of benzene rings is 3. The number of hydrogen-bond donors (Lipinski definition) is 1. The second kappa shape index (κ2) is 9.88. The highest BCUT2D eigenvalue weighted by Crippen LogP contribution is 2.22. The predicted molar refractivity (Wildman–Crippen MR) is 131 cm³/mol. The Bertz CT molecular complexity index is 1270. The molecule has 1 aromatic heterocycles. The summed E-state index contributed by atoms with van der Waals surface area (Å²) in [6.07, 6.45) is 0.234. The molecule has 0 saturated heterocycles. The summed E-state index contributed by atoms with van der Waals surface area (Å²) in [5.41, 5.74) is 3.32. The number of rotatable bonds is 7. The number of para-hydroxylation sites is 3. The average Bonchev–Trinajstić information content (AvgIpc) is 3.19. The van der Waals surface area contributed by atoms with Gasteiger partial charge in [0, 0.05) is 17.8 Å². The standard InChI is InChI=1S/C26H25ClN4O2/c1-18(28-24(32)16-19-12-14-20(27)15-13-19)26-29-22-10-6-7-11-23(22)31(26)17-25(33)30(2)21-8-4-3-5-9-21/h3-15,18H,16-17H2,1-2H3,(H,28,32). The van der Waals surface area contributed by atoms with Gasteiger partial charge in [-0.05, 0) is 48.9 Å². The molecule has 0 aliphatic heterocycles. The molecule has 4 aromatic rings. The zero-order valence-corrected chi connectivity index (χ0v) is 19.3. The van der Waals surface area contributed by atoms with E-state index in [0.29, 0.717) is 10.8 Å². The first kappa shape index (κ1) is 22.6. The molecule has 0 aliphatic rings. The SMILES string of the molecule is CC(NC(=O)Cc1ccc(Cl)cc1)c1nc2ccccc2n1CC(=O)N(C)c1ccccc1. The zero-order valence-electron chi connectivity index (χ0n) is 18.5. The van der Waals surface area contributed by atoms with Crippen molar-refractivity contribution in [2.24, 2.45) is 0 Å². The highest BCUT2D eigenvalue weighted by molar-refractivity contribution is 6.30. The molecule has 1 N–H and O–H groups in total. The van der Waals surface area contributed by atoms with Crippen LogP contribution in [0.2, 0.25) is 5.02 Å². The molecule has 0 spiro atoms. The van der Waals surface area contributed by atoms with Gasteiger partial charge in [0.2, 0.25) is 11.8 Å². The lowest BCUT2D eigenvalue weighted by molar-refractivity contribution is -0.121. The molecule has 3 aromatic carbocycles. The predicted octanol–water partition coefficient (Wildman–Crippen LogP) is 4.77. The number of anilines is 1. The second-order valence-electron chi connectivity index (χ2n) is 7.93. The van der Waals surface area contributed by atoms with E-state index in [1.165, 1.54) is 0 Å². The van der Waals surface area contributed by atoms with Crippen LogP contribution in [0.5, 0.6) is 0 Å². The van der Waals surface area contributed by atoms with Crippen LogP contribution in [0.3, 0.4) is 0 Å².